The van der Waals surface area contributed by atoms with Crippen LogP contribution in [-0.2, 0) is 10.0 Å². The third kappa shape index (κ3) is 5.68. The van der Waals surface area contributed by atoms with Crippen molar-refractivity contribution < 1.29 is 13.2 Å². The monoisotopic (exact) mass is 277 g/mol. The standard InChI is InChI=1S/C11H23N3O3S/c1-9(2)13-11(15)14-6-4-5-10(8-14)7-12-18(3,16)17/h9-10,12H,4-8H2,1-3H3,(H,13,15)/t10-/m1/s1. The van der Waals surface area contributed by atoms with E-state index in [1.165, 1.54) is 0 Å². The Kier molecular flexibility index (Phi) is 5.40. The number of hydrogen-bond donors (Lipinski definition) is 2. The first kappa shape index (κ1) is 15.2. The summed E-state index contributed by atoms with van der Waals surface area (Å²) in [6.07, 6.45) is 3.02. The average Bonchev–Trinajstić information content (AvgIpc) is 2.25. The Labute approximate surface area is 109 Å². The summed E-state index contributed by atoms with van der Waals surface area (Å²) in [5.74, 6) is 0.200. The first-order valence-corrected chi connectivity index (χ1v) is 8.17. The van der Waals surface area contributed by atoms with E-state index in [0.717, 1.165) is 25.6 Å². The zero-order valence-corrected chi connectivity index (χ0v) is 12.1. The number of rotatable bonds is 4. The van der Waals surface area contributed by atoms with Crippen LogP contribution in [0.1, 0.15) is 26.7 Å². The highest BCUT2D eigenvalue weighted by Crippen LogP contribution is 2.16. The fraction of sp³-hybridized carbons (Fsp3) is 0.909. The molecule has 1 heterocycles. The Morgan fingerprint density at radius 1 is 1.44 bits per heavy atom. The van der Waals surface area contributed by atoms with E-state index in [0.29, 0.717) is 13.1 Å². The summed E-state index contributed by atoms with van der Waals surface area (Å²) in [6.45, 7) is 5.61. The maximum absolute atomic E-state index is 11.8. The van der Waals surface area contributed by atoms with E-state index in [1.54, 1.807) is 4.90 Å². The van der Waals surface area contributed by atoms with Crippen molar-refractivity contribution in [3.63, 3.8) is 0 Å². The highest BCUT2D eigenvalue weighted by molar-refractivity contribution is 7.88. The zero-order chi connectivity index (χ0) is 13.8. The summed E-state index contributed by atoms with van der Waals surface area (Å²) in [5.41, 5.74) is 0. The van der Waals surface area contributed by atoms with Crippen molar-refractivity contribution in [2.45, 2.75) is 32.7 Å². The van der Waals surface area contributed by atoms with Crippen molar-refractivity contribution in [3.05, 3.63) is 0 Å². The molecule has 0 aliphatic carbocycles. The summed E-state index contributed by atoms with van der Waals surface area (Å²) in [5, 5.41) is 2.85. The average molecular weight is 277 g/mol. The molecule has 0 bridgehead atoms. The van der Waals surface area contributed by atoms with Gasteiger partial charge < -0.3 is 10.2 Å². The number of likely N-dealkylation sites (tertiary alicyclic amines) is 1. The lowest BCUT2D eigenvalue weighted by molar-refractivity contribution is 0.164. The molecule has 0 saturated carbocycles. The molecule has 0 spiro atoms. The van der Waals surface area contributed by atoms with E-state index >= 15 is 0 Å². The molecule has 0 radical (unpaired) electrons. The van der Waals surface area contributed by atoms with Gasteiger partial charge >= 0.3 is 6.03 Å². The molecule has 2 amide bonds. The van der Waals surface area contributed by atoms with Crippen LogP contribution in [0.2, 0.25) is 0 Å². The predicted molar refractivity (Wildman–Crippen MR) is 70.8 cm³/mol. The summed E-state index contributed by atoms with van der Waals surface area (Å²) in [7, 11) is -3.15. The van der Waals surface area contributed by atoms with Crippen molar-refractivity contribution in [1.82, 2.24) is 14.9 Å². The molecule has 6 nitrogen and oxygen atoms in total. The van der Waals surface area contributed by atoms with Gasteiger partial charge in [-0.25, -0.2) is 17.9 Å². The van der Waals surface area contributed by atoms with Gasteiger partial charge in [0.15, 0.2) is 0 Å². The minimum absolute atomic E-state index is 0.0611. The van der Waals surface area contributed by atoms with Crippen LogP contribution in [0, 0.1) is 5.92 Å². The molecule has 0 aromatic heterocycles. The van der Waals surface area contributed by atoms with Gasteiger partial charge in [-0.1, -0.05) is 0 Å². The number of sulfonamides is 1. The van der Waals surface area contributed by atoms with Gasteiger partial charge in [-0.05, 0) is 32.6 Å². The minimum Gasteiger partial charge on any atom is -0.336 e. The summed E-state index contributed by atoms with van der Waals surface area (Å²) in [4.78, 5) is 13.6. The number of carbonyl (C=O) groups is 1. The van der Waals surface area contributed by atoms with Gasteiger partial charge in [0, 0.05) is 25.7 Å². The molecule has 2 N–H and O–H groups in total. The normalized spacial score (nSPS) is 21.1. The molecule has 0 aromatic rings. The van der Waals surface area contributed by atoms with Crippen molar-refractivity contribution in [1.29, 1.82) is 0 Å². The second-order valence-corrected chi connectivity index (χ2v) is 7.01. The molecule has 0 aromatic carbocycles. The van der Waals surface area contributed by atoms with Crippen molar-refractivity contribution in [2.75, 3.05) is 25.9 Å². The fourth-order valence-corrected chi connectivity index (χ4v) is 2.56. The molecule has 0 unspecified atom stereocenters. The molecular formula is C11H23N3O3S. The second kappa shape index (κ2) is 6.38. The van der Waals surface area contributed by atoms with Crippen LogP contribution < -0.4 is 10.0 Å². The lowest BCUT2D eigenvalue weighted by Gasteiger charge is -2.33. The van der Waals surface area contributed by atoms with Crippen LogP contribution in [0.4, 0.5) is 4.79 Å². The van der Waals surface area contributed by atoms with Crippen LogP contribution in [0.25, 0.3) is 0 Å². The first-order valence-electron chi connectivity index (χ1n) is 6.28. The lowest BCUT2D eigenvalue weighted by Crippen LogP contribution is -2.49. The van der Waals surface area contributed by atoms with Crippen LogP contribution >= 0.6 is 0 Å². The number of piperidine rings is 1. The minimum atomic E-state index is -3.15. The summed E-state index contributed by atoms with van der Waals surface area (Å²) in [6, 6.07) is 0.0566. The highest BCUT2D eigenvalue weighted by Gasteiger charge is 2.24. The van der Waals surface area contributed by atoms with Crippen molar-refractivity contribution >= 4 is 16.1 Å². The Hall–Kier alpha value is -0.820. The third-order valence-corrected chi connectivity index (χ3v) is 3.54. The van der Waals surface area contributed by atoms with Gasteiger partial charge in [0.1, 0.15) is 0 Å². The maximum Gasteiger partial charge on any atom is 0.317 e. The van der Waals surface area contributed by atoms with Gasteiger partial charge in [0.25, 0.3) is 0 Å². The zero-order valence-electron chi connectivity index (χ0n) is 11.3. The fourth-order valence-electron chi connectivity index (χ4n) is 2.02. The van der Waals surface area contributed by atoms with Crippen molar-refractivity contribution in [2.24, 2.45) is 5.92 Å². The Balaban J connectivity index is 2.43. The molecule has 1 fully saturated rings. The molecule has 1 aliphatic rings. The van der Waals surface area contributed by atoms with E-state index in [2.05, 4.69) is 10.0 Å². The molecule has 1 aliphatic heterocycles. The quantitative estimate of drug-likeness (QED) is 0.779. The predicted octanol–water partition coefficient (Wildman–Crippen LogP) is 0.366. The van der Waals surface area contributed by atoms with Gasteiger partial charge in [0.05, 0.1) is 6.26 Å². The Bertz CT molecular complexity index is 381. The second-order valence-electron chi connectivity index (χ2n) is 5.18. The largest absolute Gasteiger partial charge is 0.336 e. The number of carbonyl (C=O) groups excluding carboxylic acids is 1. The SMILES string of the molecule is CC(C)NC(=O)N1CCC[C@H](CNS(C)(=O)=O)C1. The number of hydrogen-bond acceptors (Lipinski definition) is 3. The van der Waals surface area contributed by atoms with Crippen LogP contribution in [0.15, 0.2) is 0 Å². The molecule has 106 valence electrons. The van der Waals surface area contributed by atoms with E-state index < -0.39 is 10.0 Å². The lowest BCUT2D eigenvalue weighted by atomic mass is 9.99. The van der Waals surface area contributed by atoms with Gasteiger partial charge in [-0.15, -0.1) is 0 Å². The molecule has 18 heavy (non-hydrogen) atoms. The Morgan fingerprint density at radius 2 is 2.11 bits per heavy atom. The molecular weight excluding hydrogens is 254 g/mol. The van der Waals surface area contributed by atoms with Crippen LogP contribution in [0.3, 0.4) is 0 Å². The van der Waals surface area contributed by atoms with E-state index in [1.807, 2.05) is 13.8 Å². The molecule has 1 rings (SSSR count). The van der Waals surface area contributed by atoms with Crippen molar-refractivity contribution in [3.8, 4) is 0 Å². The maximum atomic E-state index is 11.8. The Morgan fingerprint density at radius 3 is 2.67 bits per heavy atom. The van der Waals surface area contributed by atoms with Gasteiger partial charge in [0.2, 0.25) is 10.0 Å². The number of amides is 2. The topological polar surface area (TPSA) is 78.5 Å². The molecule has 1 atom stereocenters. The molecule has 7 heteroatoms. The van der Waals surface area contributed by atoms with Gasteiger partial charge in [-0.2, -0.15) is 0 Å². The van der Waals surface area contributed by atoms with E-state index in [9.17, 15) is 13.2 Å². The smallest absolute Gasteiger partial charge is 0.317 e. The third-order valence-electron chi connectivity index (χ3n) is 2.85. The van der Waals surface area contributed by atoms with E-state index in [4.69, 9.17) is 0 Å². The molecule has 1 saturated heterocycles. The highest BCUT2D eigenvalue weighted by atomic mass is 32.2. The number of nitrogens with zero attached hydrogens (tertiary/aromatic N) is 1. The van der Waals surface area contributed by atoms with Gasteiger partial charge in [-0.3, -0.25) is 0 Å². The van der Waals surface area contributed by atoms with Crippen LogP contribution in [-0.4, -0.2) is 51.3 Å². The number of urea groups is 1. The van der Waals surface area contributed by atoms with E-state index in [-0.39, 0.29) is 18.0 Å². The first-order chi connectivity index (χ1) is 8.28. The van der Waals surface area contributed by atoms with Crippen LogP contribution in [0.5, 0.6) is 0 Å². The summed E-state index contributed by atoms with van der Waals surface area (Å²) < 4.78 is 24.6. The number of nitrogens with one attached hydrogen (secondary N) is 2. The summed E-state index contributed by atoms with van der Waals surface area (Å²) >= 11 is 0.